The fraction of sp³-hybridized carbons (Fsp3) is 0.444. The fourth-order valence-electron chi connectivity index (χ4n) is 1.05. The lowest BCUT2D eigenvalue weighted by Gasteiger charge is -2.07. The summed E-state index contributed by atoms with van der Waals surface area (Å²) in [5.74, 6) is 0.541. The first-order chi connectivity index (χ1) is 5.59. The van der Waals surface area contributed by atoms with Gasteiger partial charge in [-0.3, -0.25) is 4.79 Å². The Balaban J connectivity index is 2.98. The molecule has 3 nitrogen and oxygen atoms in total. The van der Waals surface area contributed by atoms with E-state index in [0.717, 1.165) is 0 Å². The highest BCUT2D eigenvalue weighted by atomic mass is 16.3. The largest absolute Gasteiger partial charge is 0.506 e. The number of nitrogens with zero attached hydrogens (tertiary/aromatic N) is 1. The number of aromatic hydroxyl groups is 1. The smallest absolute Gasteiger partial charge is 0.250 e. The van der Waals surface area contributed by atoms with Crippen molar-refractivity contribution in [2.75, 3.05) is 0 Å². The lowest BCUT2D eigenvalue weighted by molar-refractivity contribution is 0.451. The Morgan fingerprint density at radius 3 is 2.75 bits per heavy atom. The van der Waals surface area contributed by atoms with E-state index in [-0.39, 0.29) is 11.3 Å². The van der Waals surface area contributed by atoms with Crippen molar-refractivity contribution < 1.29 is 5.11 Å². The molecular weight excluding hydrogens is 154 g/mol. The second-order valence-electron chi connectivity index (χ2n) is 3.27. The van der Waals surface area contributed by atoms with Gasteiger partial charge in [-0.1, -0.05) is 13.8 Å². The highest BCUT2D eigenvalue weighted by molar-refractivity contribution is 5.14. The van der Waals surface area contributed by atoms with Crippen molar-refractivity contribution in [2.45, 2.75) is 20.4 Å². The zero-order chi connectivity index (χ0) is 9.14. The zero-order valence-electron chi connectivity index (χ0n) is 7.32. The molecule has 0 aromatic carbocycles. The van der Waals surface area contributed by atoms with Crippen LogP contribution >= 0.6 is 0 Å². The van der Waals surface area contributed by atoms with Gasteiger partial charge in [-0.15, -0.1) is 0 Å². The van der Waals surface area contributed by atoms with Crippen LogP contribution in [0.25, 0.3) is 0 Å². The molecule has 0 aliphatic rings. The molecule has 1 N–H and O–H groups in total. The van der Waals surface area contributed by atoms with Gasteiger partial charge in [-0.05, 0) is 12.0 Å². The van der Waals surface area contributed by atoms with Gasteiger partial charge in [0, 0.05) is 18.8 Å². The molecule has 0 aliphatic heterocycles. The molecule has 0 saturated carbocycles. The van der Waals surface area contributed by atoms with Gasteiger partial charge in [0.1, 0.15) is 5.75 Å². The Labute approximate surface area is 71.3 Å². The van der Waals surface area contributed by atoms with Gasteiger partial charge in [-0.25, -0.2) is 0 Å². The van der Waals surface area contributed by atoms with Crippen molar-refractivity contribution in [3.05, 3.63) is 28.7 Å². The molecule has 0 amide bonds. The lowest BCUT2D eigenvalue weighted by Crippen LogP contribution is -2.20. The molecule has 0 saturated heterocycles. The van der Waals surface area contributed by atoms with Crippen LogP contribution in [0.15, 0.2) is 23.1 Å². The Morgan fingerprint density at radius 1 is 1.50 bits per heavy atom. The van der Waals surface area contributed by atoms with Gasteiger partial charge in [0.05, 0.1) is 0 Å². The van der Waals surface area contributed by atoms with E-state index in [1.165, 1.54) is 22.9 Å². The summed E-state index contributed by atoms with van der Waals surface area (Å²) in [5, 5.41) is 9.09. The maximum Gasteiger partial charge on any atom is 0.250 e. The molecular formula is C9H13NO2. The Bertz CT molecular complexity index is 315. The van der Waals surface area contributed by atoms with Gasteiger partial charge in [-0.2, -0.15) is 0 Å². The third kappa shape index (κ3) is 2.12. The first-order valence-electron chi connectivity index (χ1n) is 3.99. The Kier molecular flexibility index (Phi) is 2.53. The molecule has 66 valence electrons. The maximum atomic E-state index is 11.2. The van der Waals surface area contributed by atoms with Gasteiger partial charge in [0.2, 0.25) is 0 Å². The van der Waals surface area contributed by atoms with E-state index in [9.17, 15) is 4.79 Å². The molecule has 12 heavy (non-hydrogen) atoms. The summed E-state index contributed by atoms with van der Waals surface area (Å²) < 4.78 is 1.51. The van der Waals surface area contributed by atoms with Crippen molar-refractivity contribution in [2.24, 2.45) is 5.92 Å². The molecule has 0 bridgehead atoms. The summed E-state index contributed by atoms with van der Waals surface area (Å²) in [6.07, 6.45) is 1.46. The van der Waals surface area contributed by atoms with Gasteiger partial charge in [0.15, 0.2) is 0 Å². The number of hydrogen-bond donors (Lipinski definition) is 1. The van der Waals surface area contributed by atoms with Crippen molar-refractivity contribution in [3.63, 3.8) is 0 Å². The van der Waals surface area contributed by atoms with E-state index in [1.807, 2.05) is 13.8 Å². The number of pyridine rings is 1. The minimum atomic E-state index is -0.0681. The van der Waals surface area contributed by atoms with Crippen molar-refractivity contribution >= 4 is 0 Å². The van der Waals surface area contributed by atoms with Gasteiger partial charge >= 0.3 is 0 Å². The molecule has 0 radical (unpaired) electrons. The van der Waals surface area contributed by atoms with Gasteiger partial charge < -0.3 is 9.67 Å². The lowest BCUT2D eigenvalue weighted by atomic mass is 10.2. The van der Waals surface area contributed by atoms with Crippen LogP contribution in [0.4, 0.5) is 0 Å². The third-order valence-electron chi connectivity index (χ3n) is 1.53. The minimum Gasteiger partial charge on any atom is -0.506 e. The van der Waals surface area contributed by atoms with Crippen LogP contribution < -0.4 is 5.56 Å². The SMILES string of the molecule is CC(C)Cn1cc(O)ccc1=O. The number of aromatic nitrogens is 1. The molecule has 0 fully saturated rings. The minimum absolute atomic E-state index is 0.0681. The van der Waals surface area contributed by atoms with E-state index < -0.39 is 0 Å². The Morgan fingerprint density at radius 2 is 2.17 bits per heavy atom. The molecule has 1 rings (SSSR count). The molecule has 3 heteroatoms. The average Bonchev–Trinajstić information content (AvgIpc) is 1.96. The van der Waals surface area contributed by atoms with Gasteiger partial charge in [0.25, 0.3) is 5.56 Å². The fourth-order valence-corrected chi connectivity index (χ4v) is 1.05. The zero-order valence-corrected chi connectivity index (χ0v) is 7.32. The van der Waals surface area contributed by atoms with E-state index in [1.54, 1.807) is 0 Å². The average molecular weight is 167 g/mol. The third-order valence-corrected chi connectivity index (χ3v) is 1.53. The highest BCUT2D eigenvalue weighted by Gasteiger charge is 1.99. The number of rotatable bonds is 2. The molecule has 0 atom stereocenters. The summed E-state index contributed by atoms with van der Waals surface area (Å²) in [7, 11) is 0. The predicted molar refractivity (Wildman–Crippen MR) is 47.2 cm³/mol. The van der Waals surface area contributed by atoms with Crippen LogP contribution in [0.1, 0.15) is 13.8 Å². The molecule has 0 aliphatic carbocycles. The summed E-state index contributed by atoms with van der Waals surface area (Å²) in [4.78, 5) is 11.2. The van der Waals surface area contributed by atoms with Crippen LogP contribution in [-0.2, 0) is 6.54 Å². The van der Waals surface area contributed by atoms with E-state index in [2.05, 4.69) is 0 Å². The first-order valence-corrected chi connectivity index (χ1v) is 3.99. The van der Waals surface area contributed by atoms with E-state index >= 15 is 0 Å². The summed E-state index contributed by atoms with van der Waals surface area (Å²) in [5.41, 5.74) is -0.0681. The van der Waals surface area contributed by atoms with Crippen molar-refractivity contribution in [3.8, 4) is 5.75 Å². The van der Waals surface area contributed by atoms with E-state index in [0.29, 0.717) is 12.5 Å². The highest BCUT2D eigenvalue weighted by Crippen LogP contribution is 2.04. The topological polar surface area (TPSA) is 42.2 Å². The second kappa shape index (κ2) is 3.43. The maximum absolute atomic E-state index is 11.2. The first kappa shape index (κ1) is 8.84. The van der Waals surface area contributed by atoms with Crippen molar-refractivity contribution in [1.82, 2.24) is 4.57 Å². The van der Waals surface area contributed by atoms with Crippen LogP contribution in [0.2, 0.25) is 0 Å². The number of hydrogen-bond acceptors (Lipinski definition) is 2. The molecule has 1 heterocycles. The monoisotopic (exact) mass is 167 g/mol. The quantitative estimate of drug-likeness (QED) is 0.719. The van der Waals surface area contributed by atoms with Crippen molar-refractivity contribution in [1.29, 1.82) is 0 Å². The van der Waals surface area contributed by atoms with E-state index in [4.69, 9.17) is 5.11 Å². The molecule has 1 aromatic heterocycles. The van der Waals surface area contributed by atoms with Crippen LogP contribution in [0.5, 0.6) is 5.75 Å². The summed E-state index contributed by atoms with van der Waals surface area (Å²) >= 11 is 0. The summed E-state index contributed by atoms with van der Waals surface area (Å²) in [6.45, 7) is 4.69. The van der Waals surface area contributed by atoms with Crippen LogP contribution in [0, 0.1) is 5.92 Å². The second-order valence-corrected chi connectivity index (χ2v) is 3.27. The molecule has 0 spiro atoms. The summed E-state index contributed by atoms with van der Waals surface area (Å²) in [6, 6.07) is 2.77. The molecule has 1 aromatic rings. The van der Waals surface area contributed by atoms with Crippen LogP contribution in [-0.4, -0.2) is 9.67 Å². The standard InChI is InChI=1S/C9H13NO2/c1-7(2)5-10-6-8(11)3-4-9(10)12/h3-4,6-7,11H,5H2,1-2H3. The van der Waals surface area contributed by atoms with Crippen LogP contribution in [0.3, 0.4) is 0 Å². The predicted octanol–water partition coefficient (Wildman–Crippen LogP) is 1.21. The Hall–Kier alpha value is -1.25. The normalized spacial score (nSPS) is 10.6. The molecule has 0 unspecified atom stereocenters.